The molecule has 4 fully saturated rings. The van der Waals surface area contributed by atoms with Crippen molar-refractivity contribution in [2.75, 3.05) is 20.3 Å². The molecule has 7 rings (SSSR count). The van der Waals surface area contributed by atoms with Crippen molar-refractivity contribution in [2.24, 2.45) is 0 Å². The molecule has 4 heterocycles. The van der Waals surface area contributed by atoms with Crippen LogP contribution in [0.2, 0.25) is 0 Å². The highest BCUT2D eigenvalue weighted by atomic mass is 16.8. The van der Waals surface area contributed by atoms with Crippen LogP contribution in [0.4, 0.5) is 0 Å². The maximum Gasteiger partial charge on any atom is 0.306 e. The lowest BCUT2D eigenvalue weighted by atomic mass is 9.96. The van der Waals surface area contributed by atoms with Gasteiger partial charge < -0.3 is 61.9 Å². The van der Waals surface area contributed by atoms with Crippen LogP contribution < -0.4 is 4.74 Å². The number of rotatable bonds is 20. The molecule has 62 heavy (non-hydrogen) atoms. The zero-order chi connectivity index (χ0) is 43.7. The molecule has 14 nitrogen and oxygen atoms in total. The first-order valence-corrected chi connectivity index (χ1v) is 22.0. The topological polar surface area (TPSA) is 148 Å². The Kier molecular flexibility index (Phi) is 16.1. The first-order valence-electron chi connectivity index (χ1n) is 22.0. The Balaban J connectivity index is 1.14. The summed E-state index contributed by atoms with van der Waals surface area (Å²) >= 11 is 0. The fourth-order valence-electron chi connectivity index (χ4n) is 8.39. The number of esters is 1. The molecule has 14 heteroatoms. The lowest BCUT2D eigenvalue weighted by Gasteiger charge is -2.49. The lowest BCUT2D eigenvalue weighted by molar-refractivity contribution is -0.386. The average molecular weight is 865 g/mol. The average Bonchev–Trinajstić information content (AvgIpc) is 3.77. The number of hydrogen-bond donors (Lipinski definition) is 1. The second-order valence-corrected chi connectivity index (χ2v) is 17.2. The number of aliphatic hydroxyl groups excluding tert-OH is 1. The monoisotopic (exact) mass is 864 g/mol. The normalized spacial score (nSPS) is 30.7. The predicted molar refractivity (Wildman–Crippen MR) is 224 cm³/mol. The summed E-state index contributed by atoms with van der Waals surface area (Å²) in [7, 11) is 1.61. The summed E-state index contributed by atoms with van der Waals surface area (Å²) in [4.78, 5) is 13.7. The first kappa shape index (κ1) is 46.5. The number of benzene rings is 3. The number of hydrogen-bond acceptors (Lipinski definition) is 14. The molecule has 0 spiro atoms. The molecule has 3 aromatic carbocycles. The molecule has 0 saturated carbocycles. The van der Waals surface area contributed by atoms with Gasteiger partial charge in [-0.1, -0.05) is 105 Å². The van der Waals surface area contributed by atoms with Gasteiger partial charge in [-0.3, -0.25) is 4.79 Å². The van der Waals surface area contributed by atoms with Crippen LogP contribution in [0.15, 0.2) is 84.9 Å². The maximum atomic E-state index is 13.7. The molecule has 0 radical (unpaired) electrons. The van der Waals surface area contributed by atoms with Crippen LogP contribution in [0.25, 0.3) is 0 Å². The number of fused-ring (bicyclic) bond motifs is 1. The molecule has 0 amide bonds. The van der Waals surface area contributed by atoms with Crippen molar-refractivity contribution in [3.05, 3.63) is 102 Å². The molecule has 1 N–H and O–H groups in total. The van der Waals surface area contributed by atoms with Crippen molar-refractivity contribution in [2.45, 2.75) is 166 Å². The van der Waals surface area contributed by atoms with Crippen LogP contribution >= 0.6 is 0 Å². The number of aliphatic hydroxyl groups is 1. The van der Waals surface area contributed by atoms with Gasteiger partial charge in [-0.15, -0.1) is 0 Å². The van der Waals surface area contributed by atoms with Gasteiger partial charge in [-0.05, 0) is 57.4 Å². The number of methoxy groups -OCH3 is 1. The van der Waals surface area contributed by atoms with Crippen molar-refractivity contribution in [3.8, 4) is 5.75 Å². The Morgan fingerprint density at radius 2 is 1.44 bits per heavy atom. The van der Waals surface area contributed by atoms with Crippen LogP contribution in [-0.4, -0.2) is 104 Å². The van der Waals surface area contributed by atoms with Gasteiger partial charge in [-0.25, -0.2) is 0 Å². The Bertz CT molecular complexity index is 1810. The summed E-state index contributed by atoms with van der Waals surface area (Å²) in [5.41, 5.74) is 2.68. The summed E-state index contributed by atoms with van der Waals surface area (Å²) in [5.74, 6) is -1.87. The van der Waals surface area contributed by atoms with Gasteiger partial charge in [0.1, 0.15) is 48.5 Å². The number of ether oxygens (including phenoxy) is 12. The van der Waals surface area contributed by atoms with Gasteiger partial charge in [0.05, 0.1) is 33.5 Å². The Morgan fingerprint density at radius 3 is 2.16 bits per heavy atom. The van der Waals surface area contributed by atoms with E-state index < -0.39 is 85.2 Å². The minimum absolute atomic E-state index is 0.104. The number of carbonyl (C=O) groups excluding carboxylic acids is 1. The molecule has 4 aliphatic rings. The van der Waals surface area contributed by atoms with Crippen LogP contribution in [-0.2, 0) is 70.1 Å². The van der Waals surface area contributed by atoms with Gasteiger partial charge in [0.15, 0.2) is 30.3 Å². The van der Waals surface area contributed by atoms with Crippen LogP contribution in [0.1, 0.15) is 96.1 Å². The molecule has 0 aliphatic carbocycles. The molecule has 11 atom stereocenters. The summed E-state index contributed by atoms with van der Waals surface area (Å²) in [6, 6.07) is 26.9. The van der Waals surface area contributed by atoms with E-state index in [2.05, 4.69) is 6.92 Å². The molecule has 4 aliphatic heterocycles. The predicted octanol–water partition coefficient (Wildman–Crippen LogP) is 7.28. The van der Waals surface area contributed by atoms with E-state index in [1.54, 1.807) is 21.0 Å². The number of carbonyl (C=O) groups is 1. The second kappa shape index (κ2) is 21.4. The minimum atomic E-state index is -1.67. The van der Waals surface area contributed by atoms with Crippen LogP contribution in [0.3, 0.4) is 0 Å². The summed E-state index contributed by atoms with van der Waals surface area (Å²) in [5, 5.41) is 12.1. The van der Waals surface area contributed by atoms with Crippen LogP contribution in [0.5, 0.6) is 5.75 Å². The zero-order valence-corrected chi connectivity index (χ0v) is 36.8. The van der Waals surface area contributed by atoms with Crippen molar-refractivity contribution in [1.82, 2.24) is 0 Å². The summed E-state index contributed by atoms with van der Waals surface area (Å²) in [6.45, 7) is 10.1. The van der Waals surface area contributed by atoms with Gasteiger partial charge >= 0.3 is 5.97 Å². The highest BCUT2D eigenvalue weighted by molar-refractivity contribution is 5.69. The molecule has 4 saturated heterocycles. The van der Waals surface area contributed by atoms with E-state index in [-0.39, 0.29) is 26.2 Å². The van der Waals surface area contributed by atoms with E-state index in [0.717, 1.165) is 42.4 Å². The molecular weight excluding hydrogens is 801 g/mol. The molecule has 3 aromatic rings. The van der Waals surface area contributed by atoms with Crippen LogP contribution in [0, 0.1) is 0 Å². The summed E-state index contributed by atoms with van der Waals surface area (Å²) < 4.78 is 75.9. The fraction of sp³-hybridized carbons (Fsp3) is 0.604. The van der Waals surface area contributed by atoms with E-state index in [9.17, 15) is 9.90 Å². The minimum Gasteiger partial charge on any atom is -0.497 e. The van der Waals surface area contributed by atoms with E-state index in [1.807, 2.05) is 98.8 Å². The SMILES string of the molecule is CCCCCCCC(=O)O[C@@H]1[C@H](OC(O)[C@H]2OC(C)(C)O[C@H]2[C@@H]2OC(C)(C)O[C@@H]2COCc2ccccc2)O[C@@H]2COC(c3ccccc3)O[C@H]2[C@@H]1OCc1ccc(OC)cc1. The Labute approximate surface area is 365 Å². The van der Waals surface area contributed by atoms with E-state index in [0.29, 0.717) is 18.8 Å². The van der Waals surface area contributed by atoms with E-state index in [4.69, 9.17) is 56.8 Å². The Hall–Kier alpha value is -3.51. The largest absolute Gasteiger partial charge is 0.497 e. The molecule has 0 aromatic heterocycles. The fourth-order valence-corrected chi connectivity index (χ4v) is 8.39. The van der Waals surface area contributed by atoms with Crippen molar-refractivity contribution >= 4 is 5.97 Å². The third-order valence-corrected chi connectivity index (χ3v) is 11.4. The first-order chi connectivity index (χ1) is 29.9. The second-order valence-electron chi connectivity index (χ2n) is 17.2. The van der Waals surface area contributed by atoms with E-state index in [1.165, 1.54) is 0 Å². The van der Waals surface area contributed by atoms with Gasteiger partial charge in [0.25, 0.3) is 0 Å². The Morgan fingerprint density at radius 1 is 0.758 bits per heavy atom. The molecule has 0 bridgehead atoms. The third-order valence-electron chi connectivity index (χ3n) is 11.4. The lowest BCUT2D eigenvalue weighted by Crippen LogP contribution is -2.65. The summed E-state index contributed by atoms with van der Waals surface area (Å²) in [6.07, 6.45) is -5.67. The highest BCUT2D eigenvalue weighted by Gasteiger charge is 2.58. The molecular formula is C48H64O14. The number of unbranched alkanes of at least 4 members (excludes halogenated alkanes) is 4. The smallest absolute Gasteiger partial charge is 0.306 e. The van der Waals surface area contributed by atoms with Crippen molar-refractivity contribution < 1.29 is 66.7 Å². The highest BCUT2D eigenvalue weighted by Crippen LogP contribution is 2.42. The maximum absolute atomic E-state index is 13.7. The van der Waals surface area contributed by atoms with Gasteiger partial charge in [-0.2, -0.15) is 0 Å². The zero-order valence-electron chi connectivity index (χ0n) is 36.8. The quantitative estimate of drug-likeness (QED) is 0.0689. The van der Waals surface area contributed by atoms with Gasteiger partial charge in [0.2, 0.25) is 6.29 Å². The van der Waals surface area contributed by atoms with E-state index >= 15 is 0 Å². The van der Waals surface area contributed by atoms with Crippen molar-refractivity contribution in [3.63, 3.8) is 0 Å². The molecule has 2 unspecified atom stereocenters. The van der Waals surface area contributed by atoms with Crippen molar-refractivity contribution in [1.29, 1.82) is 0 Å². The molecule has 340 valence electrons. The standard InChI is InChI=1S/C48H64O14/c1-7-8-9-10-17-22-37(49)56-43-40(53-28-32-23-25-34(51-6)26-24-32)38-35(30-54-45(57-38)33-20-15-12-16-21-33)55-46(43)58-44(50)42-41(61-48(4,5)62-42)39-36(59-47(2,3)60-39)29-52-27-31-18-13-11-14-19-31/h11-16,18-21,23-26,35-36,38-46,50H,7-10,17,22,27-30H2,1-6H3/t35-,36-,38-,39-,40+,41+,42+,43+,44?,45?,46+/m1/s1. The third kappa shape index (κ3) is 12.2. The van der Waals surface area contributed by atoms with Gasteiger partial charge in [0, 0.05) is 12.0 Å².